The van der Waals surface area contributed by atoms with Crippen LogP contribution in [0.4, 0.5) is 17.2 Å². The van der Waals surface area contributed by atoms with Crippen molar-refractivity contribution in [3.8, 4) is 0 Å². The minimum absolute atomic E-state index is 0.0566. The SMILES string of the molecule is Cc1ccc2c(n1)oc1ccc(C)c(C(C)(C)N3c4ccccc4N(c4ccn(C(C)C)n4)[C@H]3C)c12. The molecule has 3 aromatic heterocycles. The molecule has 2 aromatic carbocycles. The number of hydrogen-bond donors (Lipinski definition) is 0. The van der Waals surface area contributed by atoms with Gasteiger partial charge in [0, 0.05) is 34.8 Å². The predicted octanol–water partition coefficient (Wildman–Crippen LogP) is 7.61. The summed E-state index contributed by atoms with van der Waals surface area (Å²) in [4.78, 5) is 9.56. The van der Waals surface area contributed by atoms with Crippen molar-refractivity contribution in [3.63, 3.8) is 0 Å². The van der Waals surface area contributed by atoms with Gasteiger partial charge in [-0.15, -0.1) is 0 Å². The lowest BCUT2D eigenvalue weighted by atomic mass is 9.84. The molecule has 6 nitrogen and oxygen atoms in total. The first-order valence-corrected chi connectivity index (χ1v) is 12.7. The largest absolute Gasteiger partial charge is 0.438 e. The molecule has 184 valence electrons. The van der Waals surface area contributed by atoms with Crippen molar-refractivity contribution in [1.29, 1.82) is 0 Å². The van der Waals surface area contributed by atoms with E-state index in [2.05, 4.69) is 117 Å². The van der Waals surface area contributed by atoms with Crippen LogP contribution in [0.2, 0.25) is 0 Å². The molecule has 5 aromatic rings. The van der Waals surface area contributed by atoms with Gasteiger partial charge in [0.05, 0.1) is 16.9 Å². The van der Waals surface area contributed by atoms with Gasteiger partial charge in [-0.1, -0.05) is 18.2 Å². The Hall–Kier alpha value is -3.80. The van der Waals surface area contributed by atoms with E-state index >= 15 is 0 Å². The van der Waals surface area contributed by atoms with E-state index in [1.165, 1.54) is 22.5 Å². The minimum atomic E-state index is -0.351. The van der Waals surface area contributed by atoms with Crippen molar-refractivity contribution in [1.82, 2.24) is 14.8 Å². The lowest BCUT2D eigenvalue weighted by Gasteiger charge is -2.43. The topological polar surface area (TPSA) is 50.3 Å². The minimum Gasteiger partial charge on any atom is -0.438 e. The van der Waals surface area contributed by atoms with Gasteiger partial charge in [0.15, 0.2) is 5.82 Å². The van der Waals surface area contributed by atoms with Crippen molar-refractivity contribution in [2.75, 3.05) is 9.80 Å². The fourth-order valence-electron chi connectivity index (χ4n) is 6.07. The number of fused-ring (bicyclic) bond motifs is 4. The number of para-hydroxylation sites is 2. The van der Waals surface area contributed by atoms with Crippen molar-refractivity contribution in [2.45, 2.75) is 66.2 Å². The van der Waals surface area contributed by atoms with Gasteiger partial charge < -0.3 is 14.2 Å². The number of aryl methyl sites for hydroxylation is 2. The molecule has 1 atom stereocenters. The smallest absolute Gasteiger partial charge is 0.227 e. The Morgan fingerprint density at radius 1 is 0.944 bits per heavy atom. The number of furan rings is 1. The summed E-state index contributed by atoms with van der Waals surface area (Å²) in [6.45, 7) is 15.4. The van der Waals surface area contributed by atoms with Crippen molar-refractivity contribution < 1.29 is 4.42 Å². The normalized spacial score (nSPS) is 16.1. The second-order valence-corrected chi connectivity index (χ2v) is 10.7. The van der Waals surface area contributed by atoms with Gasteiger partial charge in [0.1, 0.15) is 11.7 Å². The Kier molecular flexibility index (Phi) is 4.94. The maximum Gasteiger partial charge on any atom is 0.227 e. The first-order valence-electron chi connectivity index (χ1n) is 12.7. The lowest BCUT2D eigenvalue weighted by molar-refractivity contribution is 0.447. The number of aromatic nitrogens is 3. The third-order valence-corrected chi connectivity index (χ3v) is 7.58. The summed E-state index contributed by atoms with van der Waals surface area (Å²) in [6.07, 6.45) is 2.13. The standard InChI is InChI=1S/C30H33N5O/c1-18(2)33-17-16-26(32-33)34-21(5)35(24-11-9-8-10-23(24)34)30(6,7)28-19(3)12-15-25-27(28)22-14-13-20(4)31-29(22)36-25/h8-18,21H,1-7H3/t21-/m1/s1. The van der Waals surface area contributed by atoms with E-state index < -0.39 is 0 Å². The van der Waals surface area contributed by atoms with Crippen LogP contribution in [0.1, 0.15) is 57.5 Å². The van der Waals surface area contributed by atoms with Crippen LogP contribution in [0.15, 0.2) is 65.2 Å². The van der Waals surface area contributed by atoms with Gasteiger partial charge in [0.2, 0.25) is 5.71 Å². The average molecular weight is 480 g/mol. The van der Waals surface area contributed by atoms with Crippen molar-refractivity contribution >= 4 is 39.3 Å². The summed E-state index contributed by atoms with van der Waals surface area (Å²) < 4.78 is 8.27. The number of anilines is 3. The molecule has 0 saturated carbocycles. The second kappa shape index (κ2) is 7.85. The zero-order valence-corrected chi connectivity index (χ0v) is 22.1. The van der Waals surface area contributed by atoms with Crippen LogP contribution >= 0.6 is 0 Å². The molecule has 36 heavy (non-hydrogen) atoms. The zero-order valence-electron chi connectivity index (χ0n) is 22.1. The molecule has 1 aliphatic heterocycles. The molecule has 0 radical (unpaired) electrons. The van der Waals surface area contributed by atoms with Gasteiger partial charge >= 0.3 is 0 Å². The number of pyridine rings is 1. The molecule has 0 spiro atoms. The molecule has 1 aliphatic rings. The summed E-state index contributed by atoms with van der Waals surface area (Å²) in [6, 6.07) is 19.5. The molecule has 0 bridgehead atoms. The molecule has 0 saturated heterocycles. The third kappa shape index (κ3) is 3.16. The van der Waals surface area contributed by atoms with Crippen molar-refractivity contribution in [3.05, 3.63) is 77.6 Å². The van der Waals surface area contributed by atoms with Crippen LogP contribution in [0, 0.1) is 13.8 Å². The van der Waals surface area contributed by atoms with E-state index in [-0.39, 0.29) is 11.7 Å². The summed E-state index contributed by atoms with van der Waals surface area (Å²) in [5.41, 5.74) is 7.06. The van der Waals surface area contributed by atoms with E-state index in [0.29, 0.717) is 11.8 Å². The number of nitrogens with zero attached hydrogens (tertiary/aromatic N) is 5. The van der Waals surface area contributed by atoms with Gasteiger partial charge in [-0.2, -0.15) is 5.10 Å². The molecule has 0 N–H and O–H groups in total. The second-order valence-electron chi connectivity index (χ2n) is 10.7. The molecule has 0 amide bonds. The molecular formula is C30H33N5O. The molecule has 6 rings (SSSR count). The monoisotopic (exact) mass is 479 g/mol. The number of hydrogen-bond acceptors (Lipinski definition) is 5. The van der Waals surface area contributed by atoms with Gasteiger partial charge in [0.25, 0.3) is 0 Å². The zero-order chi connectivity index (χ0) is 25.4. The fraction of sp³-hybridized carbons (Fsp3) is 0.333. The van der Waals surface area contributed by atoms with E-state index in [0.717, 1.165) is 27.9 Å². The maximum absolute atomic E-state index is 6.25. The maximum atomic E-state index is 6.25. The summed E-state index contributed by atoms with van der Waals surface area (Å²) >= 11 is 0. The Morgan fingerprint density at radius 2 is 1.69 bits per heavy atom. The van der Waals surface area contributed by atoms with Gasteiger partial charge in [-0.25, -0.2) is 4.98 Å². The Balaban J connectivity index is 1.56. The molecular weight excluding hydrogens is 446 g/mol. The van der Waals surface area contributed by atoms with Crippen LogP contribution in [-0.4, -0.2) is 20.9 Å². The first kappa shape index (κ1) is 22.7. The van der Waals surface area contributed by atoms with E-state index in [9.17, 15) is 0 Å². The van der Waals surface area contributed by atoms with Crippen LogP contribution in [0.3, 0.4) is 0 Å². The lowest BCUT2D eigenvalue weighted by Crippen LogP contribution is -2.49. The molecule has 0 aliphatic carbocycles. The highest BCUT2D eigenvalue weighted by molar-refractivity contribution is 6.06. The van der Waals surface area contributed by atoms with Crippen LogP contribution in [-0.2, 0) is 5.54 Å². The molecule has 6 heteroatoms. The first-order chi connectivity index (χ1) is 17.2. The third-order valence-electron chi connectivity index (χ3n) is 7.58. The van der Waals surface area contributed by atoms with Crippen LogP contribution in [0.25, 0.3) is 22.1 Å². The molecule has 0 fully saturated rings. The highest BCUT2D eigenvalue weighted by Crippen LogP contribution is 2.51. The summed E-state index contributed by atoms with van der Waals surface area (Å²) in [5, 5.41) is 7.14. The Bertz CT molecular complexity index is 1610. The average Bonchev–Trinajstić information content (AvgIpc) is 3.52. The Morgan fingerprint density at radius 3 is 2.42 bits per heavy atom. The summed E-state index contributed by atoms with van der Waals surface area (Å²) in [7, 11) is 0. The van der Waals surface area contributed by atoms with Crippen LogP contribution < -0.4 is 9.80 Å². The highest BCUT2D eigenvalue weighted by Gasteiger charge is 2.44. The predicted molar refractivity (Wildman–Crippen MR) is 147 cm³/mol. The van der Waals surface area contributed by atoms with E-state index in [4.69, 9.17) is 9.52 Å². The van der Waals surface area contributed by atoms with E-state index in [1.807, 2.05) is 11.6 Å². The van der Waals surface area contributed by atoms with Gasteiger partial charge in [-0.05, 0) is 89.9 Å². The van der Waals surface area contributed by atoms with E-state index in [1.54, 1.807) is 0 Å². The quantitative estimate of drug-likeness (QED) is 0.265. The highest BCUT2D eigenvalue weighted by atomic mass is 16.3. The number of benzene rings is 2. The van der Waals surface area contributed by atoms with Crippen molar-refractivity contribution in [2.24, 2.45) is 0 Å². The number of rotatable bonds is 4. The van der Waals surface area contributed by atoms with Crippen LogP contribution in [0.5, 0.6) is 0 Å². The fourth-order valence-corrected chi connectivity index (χ4v) is 6.07. The molecule has 0 unspecified atom stereocenters. The Labute approximate surface area is 212 Å². The van der Waals surface area contributed by atoms with Gasteiger partial charge in [-0.3, -0.25) is 4.68 Å². The summed E-state index contributed by atoms with van der Waals surface area (Å²) in [5.74, 6) is 0.963. The molecule has 4 heterocycles.